The third kappa shape index (κ3) is 3.46. The maximum absolute atomic E-state index is 12.6. The summed E-state index contributed by atoms with van der Waals surface area (Å²) in [6.07, 6.45) is 1.74. The zero-order valence-electron chi connectivity index (χ0n) is 14.6. The summed E-state index contributed by atoms with van der Waals surface area (Å²) in [6.45, 7) is 1.43. The Kier molecular flexibility index (Phi) is 5.06. The lowest BCUT2D eigenvalue weighted by Crippen LogP contribution is -2.50. The average Bonchev–Trinajstić information content (AvgIpc) is 3.10. The van der Waals surface area contributed by atoms with Crippen LogP contribution >= 0.6 is 0 Å². The van der Waals surface area contributed by atoms with E-state index in [4.69, 9.17) is 13.9 Å². The van der Waals surface area contributed by atoms with E-state index in [2.05, 4.69) is 0 Å². The van der Waals surface area contributed by atoms with Gasteiger partial charge in [0.2, 0.25) is 0 Å². The van der Waals surface area contributed by atoms with Crippen LogP contribution < -0.4 is 0 Å². The van der Waals surface area contributed by atoms with E-state index in [9.17, 15) is 14.4 Å². The van der Waals surface area contributed by atoms with Crippen molar-refractivity contribution in [1.82, 2.24) is 4.90 Å². The van der Waals surface area contributed by atoms with Crippen molar-refractivity contribution in [3.8, 4) is 0 Å². The van der Waals surface area contributed by atoms with Crippen LogP contribution in [0.25, 0.3) is 0 Å². The fourth-order valence-electron chi connectivity index (χ4n) is 3.02. The lowest BCUT2D eigenvalue weighted by molar-refractivity contribution is -0.155. The Hall–Kier alpha value is -3.09. The van der Waals surface area contributed by atoms with Gasteiger partial charge in [-0.15, -0.1) is 0 Å². The summed E-state index contributed by atoms with van der Waals surface area (Å²) in [7, 11) is 1.28. The molecule has 0 spiro atoms. The fraction of sp³-hybridized carbons (Fsp3) is 0.316. The van der Waals surface area contributed by atoms with E-state index < -0.39 is 30.5 Å². The van der Waals surface area contributed by atoms with Crippen LogP contribution in [0, 0.1) is 6.92 Å². The molecule has 1 aliphatic rings. The number of hydrogen-bond donors (Lipinski definition) is 0. The Bertz CT molecular complexity index is 840. The first-order chi connectivity index (χ1) is 12.5. The summed E-state index contributed by atoms with van der Waals surface area (Å²) in [5.41, 5.74) is 2.22. The Morgan fingerprint density at radius 3 is 2.58 bits per heavy atom. The second-order valence-corrected chi connectivity index (χ2v) is 6.00. The number of carbonyl (C=O) groups is 3. The van der Waals surface area contributed by atoms with Crippen LogP contribution in [-0.2, 0) is 32.0 Å². The summed E-state index contributed by atoms with van der Waals surface area (Å²) in [5.74, 6) is -1.17. The maximum atomic E-state index is 12.6. The predicted octanol–water partition coefficient (Wildman–Crippen LogP) is 1.87. The summed E-state index contributed by atoms with van der Waals surface area (Å²) < 4.78 is 15.0. The molecule has 2 aromatic rings. The Labute approximate surface area is 150 Å². The Morgan fingerprint density at radius 2 is 1.92 bits per heavy atom. The molecule has 1 atom stereocenters. The molecule has 0 aliphatic carbocycles. The number of carbonyl (C=O) groups excluding carboxylic acids is 3. The summed E-state index contributed by atoms with van der Waals surface area (Å²) in [4.78, 5) is 38.2. The smallest absolute Gasteiger partial charge is 0.342 e. The number of fused-ring (bicyclic) bond motifs is 1. The molecule has 7 heteroatoms. The third-order valence-corrected chi connectivity index (χ3v) is 4.45. The molecule has 0 saturated carbocycles. The molecule has 26 heavy (non-hydrogen) atoms. The van der Waals surface area contributed by atoms with Gasteiger partial charge in [0.25, 0.3) is 5.91 Å². The SMILES string of the molecule is COC(=O)[C@@H]1Cc2ccccc2CN1C(=O)COC(=O)c1ccoc1C. The molecule has 0 fully saturated rings. The second kappa shape index (κ2) is 7.43. The van der Waals surface area contributed by atoms with Crippen molar-refractivity contribution in [2.24, 2.45) is 0 Å². The van der Waals surface area contributed by atoms with Gasteiger partial charge in [0, 0.05) is 13.0 Å². The highest BCUT2D eigenvalue weighted by molar-refractivity contribution is 5.93. The van der Waals surface area contributed by atoms with Crippen LogP contribution in [-0.4, -0.2) is 42.5 Å². The van der Waals surface area contributed by atoms with Gasteiger partial charge in [-0.2, -0.15) is 0 Å². The van der Waals surface area contributed by atoms with Crippen molar-refractivity contribution in [3.05, 3.63) is 59.0 Å². The summed E-state index contributed by atoms with van der Waals surface area (Å²) in [6, 6.07) is 8.34. The molecule has 3 rings (SSSR count). The van der Waals surface area contributed by atoms with Crippen molar-refractivity contribution in [2.75, 3.05) is 13.7 Å². The normalized spacial score (nSPS) is 15.9. The van der Waals surface area contributed by atoms with Gasteiger partial charge in [0.1, 0.15) is 17.4 Å². The molecule has 1 aromatic carbocycles. The highest BCUT2D eigenvalue weighted by Gasteiger charge is 2.35. The monoisotopic (exact) mass is 357 g/mol. The lowest BCUT2D eigenvalue weighted by atomic mass is 9.94. The first kappa shape index (κ1) is 17.7. The van der Waals surface area contributed by atoms with Gasteiger partial charge in [0.15, 0.2) is 6.61 Å². The number of furan rings is 1. The van der Waals surface area contributed by atoms with Crippen LogP contribution in [0.5, 0.6) is 0 Å². The quantitative estimate of drug-likeness (QED) is 0.777. The van der Waals surface area contributed by atoms with Crippen molar-refractivity contribution in [1.29, 1.82) is 0 Å². The first-order valence-electron chi connectivity index (χ1n) is 8.16. The molecule has 0 unspecified atom stereocenters. The van der Waals surface area contributed by atoms with E-state index in [0.29, 0.717) is 12.2 Å². The van der Waals surface area contributed by atoms with E-state index in [-0.39, 0.29) is 12.1 Å². The van der Waals surface area contributed by atoms with Crippen LogP contribution in [0.3, 0.4) is 0 Å². The molecule has 1 amide bonds. The maximum Gasteiger partial charge on any atom is 0.342 e. The van der Waals surface area contributed by atoms with Crippen LogP contribution in [0.4, 0.5) is 0 Å². The van der Waals surface area contributed by atoms with Gasteiger partial charge in [0.05, 0.1) is 13.4 Å². The van der Waals surface area contributed by atoms with Crippen molar-refractivity contribution in [3.63, 3.8) is 0 Å². The summed E-state index contributed by atoms with van der Waals surface area (Å²) >= 11 is 0. The molecular formula is C19H19NO6. The van der Waals surface area contributed by atoms with E-state index in [1.165, 1.54) is 24.3 Å². The minimum absolute atomic E-state index is 0.261. The number of ether oxygens (including phenoxy) is 2. The van der Waals surface area contributed by atoms with E-state index in [1.807, 2.05) is 24.3 Å². The van der Waals surface area contributed by atoms with E-state index in [1.54, 1.807) is 6.92 Å². The van der Waals surface area contributed by atoms with Crippen molar-refractivity contribution in [2.45, 2.75) is 25.9 Å². The zero-order chi connectivity index (χ0) is 18.7. The Balaban J connectivity index is 1.72. The zero-order valence-corrected chi connectivity index (χ0v) is 14.6. The fourth-order valence-corrected chi connectivity index (χ4v) is 3.02. The van der Waals surface area contributed by atoms with Gasteiger partial charge in [-0.1, -0.05) is 24.3 Å². The lowest BCUT2D eigenvalue weighted by Gasteiger charge is -2.35. The molecule has 0 bridgehead atoms. The number of aryl methyl sites for hydroxylation is 1. The molecule has 0 radical (unpaired) electrons. The topological polar surface area (TPSA) is 86.0 Å². The van der Waals surface area contributed by atoms with Crippen LogP contribution in [0.2, 0.25) is 0 Å². The van der Waals surface area contributed by atoms with E-state index in [0.717, 1.165) is 11.1 Å². The number of hydrogen-bond acceptors (Lipinski definition) is 6. The second-order valence-electron chi connectivity index (χ2n) is 6.00. The standard InChI is InChI=1S/C19H19NO6/c1-12-15(7-8-25-12)18(22)26-11-17(21)20-10-14-6-4-3-5-13(14)9-16(20)19(23)24-2/h3-8,16H,9-11H2,1-2H3/t16-/m0/s1. The van der Waals surface area contributed by atoms with Gasteiger partial charge in [-0.05, 0) is 24.1 Å². The highest BCUT2D eigenvalue weighted by Crippen LogP contribution is 2.24. The summed E-state index contributed by atoms with van der Waals surface area (Å²) in [5, 5.41) is 0. The number of benzene rings is 1. The predicted molar refractivity (Wildman–Crippen MR) is 90.2 cm³/mol. The molecule has 0 N–H and O–H groups in total. The van der Waals surface area contributed by atoms with Gasteiger partial charge < -0.3 is 18.8 Å². The van der Waals surface area contributed by atoms with Crippen molar-refractivity contribution < 1.29 is 28.3 Å². The number of rotatable bonds is 4. The molecular weight excluding hydrogens is 338 g/mol. The van der Waals surface area contributed by atoms with Crippen LogP contribution in [0.1, 0.15) is 27.2 Å². The minimum atomic E-state index is -0.739. The van der Waals surface area contributed by atoms with Gasteiger partial charge in [-0.3, -0.25) is 4.79 Å². The molecule has 1 aliphatic heterocycles. The molecule has 2 heterocycles. The van der Waals surface area contributed by atoms with Gasteiger partial charge >= 0.3 is 11.9 Å². The molecule has 7 nitrogen and oxygen atoms in total. The van der Waals surface area contributed by atoms with Gasteiger partial charge in [-0.25, -0.2) is 9.59 Å². The largest absolute Gasteiger partial charge is 0.469 e. The number of esters is 2. The molecule has 1 aromatic heterocycles. The average molecular weight is 357 g/mol. The van der Waals surface area contributed by atoms with Crippen LogP contribution in [0.15, 0.2) is 41.0 Å². The number of amides is 1. The molecule has 0 saturated heterocycles. The van der Waals surface area contributed by atoms with Crippen molar-refractivity contribution >= 4 is 17.8 Å². The number of nitrogens with zero attached hydrogens (tertiary/aromatic N) is 1. The first-order valence-corrected chi connectivity index (χ1v) is 8.16. The Morgan fingerprint density at radius 1 is 1.19 bits per heavy atom. The minimum Gasteiger partial charge on any atom is -0.469 e. The van der Waals surface area contributed by atoms with E-state index >= 15 is 0 Å². The highest BCUT2D eigenvalue weighted by atomic mass is 16.5. The molecule has 136 valence electrons. The number of methoxy groups -OCH3 is 1. The third-order valence-electron chi connectivity index (χ3n) is 4.45.